The van der Waals surface area contributed by atoms with Crippen molar-refractivity contribution in [2.75, 3.05) is 19.8 Å². The van der Waals surface area contributed by atoms with Gasteiger partial charge in [-0.3, -0.25) is 14.2 Å². The lowest BCUT2D eigenvalue weighted by molar-refractivity contribution is -0.123. The quantitative estimate of drug-likeness (QED) is 0.590. The van der Waals surface area contributed by atoms with E-state index in [1.54, 1.807) is 0 Å². The van der Waals surface area contributed by atoms with Crippen LogP contribution in [-0.2, 0) is 11.3 Å². The highest BCUT2D eigenvalue weighted by atomic mass is 16.5. The number of carbonyl (C=O) groups is 1. The highest BCUT2D eigenvalue weighted by molar-refractivity contribution is 5.77. The third-order valence-electron chi connectivity index (χ3n) is 4.41. The maximum atomic E-state index is 12.4. The van der Waals surface area contributed by atoms with Gasteiger partial charge in [-0.15, -0.1) is 0 Å². The van der Waals surface area contributed by atoms with Crippen LogP contribution in [-0.4, -0.2) is 35.2 Å². The summed E-state index contributed by atoms with van der Waals surface area (Å²) in [7, 11) is 0. The number of nitrogens with zero attached hydrogens (tertiary/aromatic N) is 2. The molecule has 156 valence electrons. The molecule has 0 atom stereocenters. The predicted molar refractivity (Wildman–Crippen MR) is 115 cm³/mol. The molecule has 0 radical (unpaired) electrons. The van der Waals surface area contributed by atoms with E-state index in [1.165, 1.54) is 17.0 Å². The van der Waals surface area contributed by atoms with Crippen molar-refractivity contribution in [3.05, 3.63) is 76.8 Å². The second-order valence-corrected chi connectivity index (χ2v) is 6.71. The van der Waals surface area contributed by atoms with Gasteiger partial charge < -0.3 is 14.8 Å². The van der Waals surface area contributed by atoms with Crippen LogP contribution in [0.25, 0.3) is 11.3 Å². The van der Waals surface area contributed by atoms with E-state index < -0.39 is 0 Å². The first kappa shape index (κ1) is 21.1. The molecule has 3 aromatic rings. The summed E-state index contributed by atoms with van der Waals surface area (Å²) in [5.41, 5.74) is 2.37. The molecule has 0 fully saturated rings. The molecule has 0 aliphatic heterocycles. The van der Waals surface area contributed by atoms with Crippen LogP contribution in [0.4, 0.5) is 0 Å². The third kappa shape index (κ3) is 5.94. The molecule has 0 bridgehead atoms. The molecule has 0 aliphatic carbocycles. The summed E-state index contributed by atoms with van der Waals surface area (Å²) in [6, 6.07) is 16.4. The van der Waals surface area contributed by atoms with Crippen LogP contribution in [0.1, 0.15) is 12.5 Å². The molecular weight excluding hydrogens is 382 g/mol. The maximum absolute atomic E-state index is 12.4. The van der Waals surface area contributed by atoms with Gasteiger partial charge in [-0.2, -0.15) is 0 Å². The van der Waals surface area contributed by atoms with E-state index >= 15 is 0 Å². The molecular formula is C23H25N3O4. The lowest BCUT2D eigenvalue weighted by Crippen LogP contribution is -2.33. The van der Waals surface area contributed by atoms with Crippen molar-refractivity contribution in [2.45, 2.75) is 20.4 Å². The van der Waals surface area contributed by atoms with Gasteiger partial charge >= 0.3 is 0 Å². The van der Waals surface area contributed by atoms with Crippen LogP contribution >= 0.6 is 0 Å². The predicted octanol–water partition coefficient (Wildman–Crippen LogP) is 2.81. The Bertz CT molecular complexity index is 1030. The normalized spacial score (nSPS) is 10.5. The minimum Gasteiger partial charge on any atom is -0.494 e. The summed E-state index contributed by atoms with van der Waals surface area (Å²) < 4.78 is 12.3. The molecule has 0 spiro atoms. The average Bonchev–Trinajstić information content (AvgIpc) is 2.75. The third-order valence-corrected chi connectivity index (χ3v) is 4.41. The SMILES string of the molecule is CCOc1ccc(-c2cc(=O)n(CCNC(=O)COc3ccc(C)cc3)cn2)cc1. The van der Waals surface area contributed by atoms with Gasteiger partial charge in [0.05, 0.1) is 18.6 Å². The Labute approximate surface area is 175 Å². The highest BCUT2D eigenvalue weighted by Crippen LogP contribution is 2.19. The monoisotopic (exact) mass is 407 g/mol. The number of aryl methyl sites for hydroxylation is 1. The smallest absolute Gasteiger partial charge is 0.258 e. The number of ether oxygens (including phenoxy) is 2. The van der Waals surface area contributed by atoms with E-state index in [4.69, 9.17) is 9.47 Å². The Morgan fingerprint density at radius 1 is 1.03 bits per heavy atom. The molecule has 30 heavy (non-hydrogen) atoms. The van der Waals surface area contributed by atoms with Gasteiger partial charge in [0, 0.05) is 24.7 Å². The fourth-order valence-electron chi connectivity index (χ4n) is 2.79. The molecule has 0 saturated heterocycles. The van der Waals surface area contributed by atoms with Crippen LogP contribution < -0.4 is 20.3 Å². The molecule has 7 heteroatoms. The number of hydrogen-bond donors (Lipinski definition) is 1. The zero-order valence-corrected chi connectivity index (χ0v) is 17.1. The largest absolute Gasteiger partial charge is 0.494 e. The summed E-state index contributed by atoms with van der Waals surface area (Å²) in [5.74, 6) is 1.17. The van der Waals surface area contributed by atoms with Gasteiger partial charge in [0.1, 0.15) is 11.5 Å². The van der Waals surface area contributed by atoms with E-state index in [1.807, 2.05) is 62.4 Å². The molecule has 1 N–H and O–H groups in total. The van der Waals surface area contributed by atoms with Gasteiger partial charge in [0.2, 0.25) is 0 Å². The van der Waals surface area contributed by atoms with Gasteiger partial charge in [0.15, 0.2) is 6.61 Å². The van der Waals surface area contributed by atoms with E-state index in [0.29, 0.717) is 31.1 Å². The van der Waals surface area contributed by atoms with Crippen molar-refractivity contribution in [1.82, 2.24) is 14.9 Å². The number of rotatable bonds is 9. The second-order valence-electron chi connectivity index (χ2n) is 6.71. The van der Waals surface area contributed by atoms with Gasteiger partial charge in [-0.1, -0.05) is 17.7 Å². The van der Waals surface area contributed by atoms with Crippen LogP contribution in [0.2, 0.25) is 0 Å². The lowest BCUT2D eigenvalue weighted by Gasteiger charge is -2.10. The molecule has 0 aliphatic rings. The number of amides is 1. The highest BCUT2D eigenvalue weighted by Gasteiger charge is 2.06. The molecule has 1 amide bonds. The van der Waals surface area contributed by atoms with Crippen molar-refractivity contribution >= 4 is 5.91 Å². The summed E-state index contributed by atoms with van der Waals surface area (Å²) >= 11 is 0. The molecule has 2 aromatic carbocycles. The van der Waals surface area contributed by atoms with Crippen LogP contribution in [0.3, 0.4) is 0 Å². The standard InChI is InChI=1S/C23H25N3O4/c1-3-29-19-10-6-18(7-11-19)21-14-23(28)26(16-25-21)13-12-24-22(27)15-30-20-8-4-17(2)5-9-20/h4-11,14,16H,3,12-13,15H2,1-2H3,(H,24,27). The maximum Gasteiger partial charge on any atom is 0.258 e. The van der Waals surface area contributed by atoms with Gasteiger partial charge in [-0.25, -0.2) is 4.98 Å². The minimum absolute atomic E-state index is 0.0765. The summed E-state index contributed by atoms with van der Waals surface area (Å²) in [5, 5.41) is 2.74. The zero-order valence-electron chi connectivity index (χ0n) is 17.1. The van der Waals surface area contributed by atoms with E-state index in [0.717, 1.165) is 16.9 Å². The fraction of sp³-hybridized carbons (Fsp3) is 0.261. The van der Waals surface area contributed by atoms with Crippen molar-refractivity contribution in [1.29, 1.82) is 0 Å². The molecule has 1 aromatic heterocycles. The Balaban J connectivity index is 1.49. The lowest BCUT2D eigenvalue weighted by atomic mass is 10.1. The molecule has 1 heterocycles. The first-order valence-corrected chi connectivity index (χ1v) is 9.81. The number of hydrogen-bond acceptors (Lipinski definition) is 5. The van der Waals surface area contributed by atoms with Gasteiger partial charge in [0.25, 0.3) is 11.5 Å². The van der Waals surface area contributed by atoms with E-state index in [2.05, 4.69) is 10.3 Å². The summed E-state index contributed by atoms with van der Waals surface area (Å²) in [6.07, 6.45) is 1.49. The zero-order chi connectivity index (χ0) is 21.3. The van der Waals surface area contributed by atoms with Crippen LogP contribution in [0.5, 0.6) is 11.5 Å². The molecule has 0 unspecified atom stereocenters. The Morgan fingerprint density at radius 2 is 1.70 bits per heavy atom. The van der Waals surface area contributed by atoms with E-state index in [9.17, 15) is 9.59 Å². The van der Waals surface area contributed by atoms with Crippen LogP contribution in [0.15, 0.2) is 65.7 Å². The average molecular weight is 407 g/mol. The fourth-order valence-corrected chi connectivity index (χ4v) is 2.79. The minimum atomic E-state index is -0.248. The molecule has 7 nitrogen and oxygen atoms in total. The first-order chi connectivity index (χ1) is 14.5. The Morgan fingerprint density at radius 3 is 2.37 bits per heavy atom. The Hall–Kier alpha value is -3.61. The van der Waals surface area contributed by atoms with Crippen molar-refractivity contribution in [3.8, 4) is 22.8 Å². The van der Waals surface area contributed by atoms with Crippen molar-refractivity contribution in [2.24, 2.45) is 0 Å². The van der Waals surface area contributed by atoms with E-state index in [-0.39, 0.29) is 18.1 Å². The van der Waals surface area contributed by atoms with Crippen molar-refractivity contribution < 1.29 is 14.3 Å². The number of nitrogens with one attached hydrogen (secondary N) is 1. The van der Waals surface area contributed by atoms with Gasteiger partial charge in [-0.05, 0) is 50.2 Å². The Kier molecular flexibility index (Phi) is 7.21. The number of benzene rings is 2. The van der Waals surface area contributed by atoms with Crippen molar-refractivity contribution in [3.63, 3.8) is 0 Å². The topological polar surface area (TPSA) is 82.5 Å². The first-order valence-electron chi connectivity index (χ1n) is 9.81. The summed E-state index contributed by atoms with van der Waals surface area (Å²) in [4.78, 5) is 28.6. The number of aromatic nitrogens is 2. The number of carbonyl (C=O) groups excluding carboxylic acids is 1. The second kappa shape index (κ2) is 10.2. The molecule has 3 rings (SSSR count). The van der Waals surface area contributed by atoms with Crippen LogP contribution in [0, 0.1) is 6.92 Å². The summed E-state index contributed by atoms with van der Waals surface area (Å²) in [6.45, 7) is 5.06. The molecule has 0 saturated carbocycles.